The lowest BCUT2D eigenvalue weighted by Crippen LogP contribution is -2.35. The van der Waals surface area contributed by atoms with Gasteiger partial charge >= 0.3 is 0 Å². The molecular formula is C18H26FNO. The van der Waals surface area contributed by atoms with Crippen molar-refractivity contribution in [2.24, 2.45) is 17.8 Å². The fourth-order valence-electron chi connectivity index (χ4n) is 4.57. The van der Waals surface area contributed by atoms with Gasteiger partial charge in [-0.2, -0.15) is 0 Å². The Balaban J connectivity index is 1.94. The van der Waals surface area contributed by atoms with Gasteiger partial charge in [0.25, 0.3) is 0 Å². The lowest BCUT2D eigenvalue weighted by Gasteiger charge is -2.38. The summed E-state index contributed by atoms with van der Waals surface area (Å²) in [6.45, 7) is 1.05. The van der Waals surface area contributed by atoms with Gasteiger partial charge in [0, 0.05) is 6.54 Å². The molecular weight excluding hydrogens is 265 g/mol. The molecule has 2 saturated carbocycles. The van der Waals surface area contributed by atoms with Crippen LogP contribution in [0.2, 0.25) is 0 Å². The first-order chi connectivity index (χ1) is 10.1. The molecule has 0 amide bonds. The van der Waals surface area contributed by atoms with E-state index in [2.05, 4.69) is 19.0 Å². The molecule has 0 heterocycles. The van der Waals surface area contributed by atoms with E-state index in [0.29, 0.717) is 11.8 Å². The van der Waals surface area contributed by atoms with Gasteiger partial charge in [0.15, 0.2) is 0 Å². The van der Waals surface area contributed by atoms with Crippen LogP contribution in [0.1, 0.15) is 37.2 Å². The Labute approximate surface area is 127 Å². The lowest BCUT2D eigenvalue weighted by atomic mass is 9.69. The Morgan fingerprint density at radius 2 is 2.05 bits per heavy atom. The maximum Gasteiger partial charge on any atom is 0.126 e. The minimum Gasteiger partial charge on any atom is -0.497 e. The summed E-state index contributed by atoms with van der Waals surface area (Å²) >= 11 is 0. The number of hydrogen-bond acceptors (Lipinski definition) is 2. The molecule has 3 rings (SSSR count). The highest BCUT2D eigenvalue weighted by molar-refractivity contribution is 5.33. The first-order valence-corrected chi connectivity index (χ1v) is 8.06. The number of halogens is 1. The maximum atomic E-state index is 14.4. The van der Waals surface area contributed by atoms with Crippen molar-refractivity contribution < 1.29 is 9.13 Å². The van der Waals surface area contributed by atoms with Gasteiger partial charge in [-0.05, 0) is 80.8 Å². The molecule has 2 fully saturated rings. The van der Waals surface area contributed by atoms with Gasteiger partial charge < -0.3 is 9.64 Å². The van der Waals surface area contributed by atoms with E-state index in [4.69, 9.17) is 4.74 Å². The molecule has 2 aliphatic rings. The van der Waals surface area contributed by atoms with Crippen molar-refractivity contribution in [3.05, 3.63) is 29.6 Å². The Kier molecular flexibility index (Phi) is 4.21. The quantitative estimate of drug-likeness (QED) is 0.834. The molecule has 116 valence electrons. The highest BCUT2D eigenvalue weighted by Crippen LogP contribution is 2.52. The zero-order chi connectivity index (χ0) is 15.0. The minimum atomic E-state index is -0.0640. The molecule has 1 aromatic carbocycles. The van der Waals surface area contributed by atoms with Crippen LogP contribution in [0, 0.1) is 23.6 Å². The van der Waals surface area contributed by atoms with Crippen LogP contribution in [0.3, 0.4) is 0 Å². The van der Waals surface area contributed by atoms with Crippen LogP contribution in [0.4, 0.5) is 4.39 Å². The van der Waals surface area contributed by atoms with Crippen molar-refractivity contribution >= 4 is 0 Å². The molecule has 3 heteroatoms. The van der Waals surface area contributed by atoms with E-state index in [-0.39, 0.29) is 5.82 Å². The summed E-state index contributed by atoms with van der Waals surface area (Å²) < 4.78 is 19.7. The second-order valence-corrected chi connectivity index (χ2v) is 7.09. The summed E-state index contributed by atoms with van der Waals surface area (Å²) in [5.74, 6) is 3.18. The molecule has 2 aliphatic carbocycles. The largest absolute Gasteiger partial charge is 0.497 e. The zero-order valence-corrected chi connectivity index (χ0v) is 13.3. The molecule has 21 heavy (non-hydrogen) atoms. The third kappa shape index (κ3) is 2.94. The van der Waals surface area contributed by atoms with Crippen LogP contribution >= 0.6 is 0 Å². The van der Waals surface area contributed by atoms with Gasteiger partial charge in [0.05, 0.1) is 7.11 Å². The molecule has 0 saturated heterocycles. The third-order valence-corrected chi connectivity index (χ3v) is 5.47. The summed E-state index contributed by atoms with van der Waals surface area (Å²) in [7, 11) is 5.90. The normalized spacial score (nSPS) is 31.7. The van der Waals surface area contributed by atoms with Crippen LogP contribution < -0.4 is 4.74 Å². The Morgan fingerprint density at radius 3 is 2.76 bits per heavy atom. The fourth-order valence-corrected chi connectivity index (χ4v) is 4.57. The summed E-state index contributed by atoms with van der Waals surface area (Å²) in [6.07, 6.45) is 5.14. The number of ether oxygens (including phenoxy) is 1. The van der Waals surface area contributed by atoms with Crippen LogP contribution in [-0.4, -0.2) is 32.6 Å². The zero-order valence-electron chi connectivity index (χ0n) is 13.3. The molecule has 4 atom stereocenters. The smallest absolute Gasteiger partial charge is 0.126 e. The van der Waals surface area contributed by atoms with Gasteiger partial charge in [-0.3, -0.25) is 0 Å². The second kappa shape index (κ2) is 5.96. The summed E-state index contributed by atoms with van der Waals surface area (Å²) in [5.41, 5.74) is 0.873. The standard InChI is InChI=1S/C18H26FNO/c1-20(2)11-17-13-5-4-12(8-13)9-15(17)16-10-14(21-3)6-7-18(16)19/h6-7,10,12-13,15,17H,4-5,8-9,11H2,1-3H3/t12-,13+,15?,17?/m1/s1. The highest BCUT2D eigenvalue weighted by atomic mass is 19.1. The molecule has 2 unspecified atom stereocenters. The number of benzene rings is 1. The molecule has 0 radical (unpaired) electrons. The third-order valence-electron chi connectivity index (χ3n) is 5.47. The fraction of sp³-hybridized carbons (Fsp3) is 0.667. The van der Waals surface area contributed by atoms with Crippen LogP contribution in [0.25, 0.3) is 0 Å². The number of fused-ring (bicyclic) bond motifs is 2. The van der Waals surface area contributed by atoms with Crippen molar-refractivity contribution in [3.63, 3.8) is 0 Å². The van der Waals surface area contributed by atoms with E-state index < -0.39 is 0 Å². The van der Waals surface area contributed by atoms with E-state index in [1.165, 1.54) is 19.3 Å². The van der Waals surface area contributed by atoms with Gasteiger partial charge in [-0.25, -0.2) is 4.39 Å². The SMILES string of the molecule is COc1ccc(F)c(C2C[C@@H]3CC[C@@H](C3)C2CN(C)C)c1. The van der Waals surface area contributed by atoms with E-state index in [9.17, 15) is 4.39 Å². The topological polar surface area (TPSA) is 12.5 Å². The molecule has 0 N–H and O–H groups in total. The summed E-state index contributed by atoms with van der Waals surface area (Å²) in [6, 6.07) is 5.21. The number of hydrogen-bond donors (Lipinski definition) is 0. The lowest BCUT2D eigenvalue weighted by molar-refractivity contribution is 0.162. The molecule has 0 aromatic heterocycles. The summed E-state index contributed by atoms with van der Waals surface area (Å²) in [4.78, 5) is 2.26. The predicted molar refractivity (Wildman–Crippen MR) is 83.2 cm³/mol. The van der Waals surface area contributed by atoms with Gasteiger partial charge in [0.2, 0.25) is 0 Å². The first-order valence-electron chi connectivity index (χ1n) is 8.06. The van der Waals surface area contributed by atoms with Gasteiger partial charge in [-0.1, -0.05) is 6.42 Å². The first kappa shape index (κ1) is 14.8. The van der Waals surface area contributed by atoms with Crippen molar-refractivity contribution in [1.82, 2.24) is 4.90 Å². The highest BCUT2D eigenvalue weighted by Gasteiger charge is 2.43. The van der Waals surface area contributed by atoms with Gasteiger partial charge in [-0.15, -0.1) is 0 Å². The van der Waals surface area contributed by atoms with Crippen LogP contribution in [-0.2, 0) is 0 Å². The number of rotatable bonds is 4. The summed E-state index contributed by atoms with van der Waals surface area (Å²) in [5, 5.41) is 0. The number of methoxy groups -OCH3 is 1. The molecule has 0 aliphatic heterocycles. The maximum absolute atomic E-state index is 14.4. The Bertz CT molecular complexity index is 502. The van der Waals surface area contributed by atoms with E-state index in [1.807, 2.05) is 6.07 Å². The average Bonchev–Trinajstić information content (AvgIpc) is 2.85. The van der Waals surface area contributed by atoms with E-state index >= 15 is 0 Å². The Hall–Kier alpha value is -1.09. The molecule has 2 nitrogen and oxygen atoms in total. The predicted octanol–water partition coefficient (Wildman–Crippen LogP) is 3.92. The Morgan fingerprint density at radius 1 is 1.24 bits per heavy atom. The van der Waals surface area contributed by atoms with E-state index in [0.717, 1.165) is 36.1 Å². The van der Waals surface area contributed by atoms with Crippen LogP contribution in [0.5, 0.6) is 5.75 Å². The second-order valence-electron chi connectivity index (χ2n) is 7.09. The van der Waals surface area contributed by atoms with Gasteiger partial charge in [0.1, 0.15) is 11.6 Å². The molecule has 2 bridgehead atoms. The van der Waals surface area contributed by atoms with Crippen molar-refractivity contribution in [3.8, 4) is 5.75 Å². The van der Waals surface area contributed by atoms with Crippen molar-refractivity contribution in [2.45, 2.75) is 31.6 Å². The average molecular weight is 291 g/mol. The monoisotopic (exact) mass is 291 g/mol. The van der Waals surface area contributed by atoms with Crippen molar-refractivity contribution in [1.29, 1.82) is 0 Å². The minimum absolute atomic E-state index is 0.0640. The molecule has 0 spiro atoms. The number of nitrogens with zero attached hydrogens (tertiary/aromatic N) is 1. The van der Waals surface area contributed by atoms with Crippen LogP contribution in [0.15, 0.2) is 18.2 Å². The molecule has 1 aromatic rings. The van der Waals surface area contributed by atoms with E-state index in [1.54, 1.807) is 19.2 Å². The van der Waals surface area contributed by atoms with Crippen molar-refractivity contribution in [2.75, 3.05) is 27.7 Å².